The van der Waals surface area contributed by atoms with Gasteiger partial charge in [-0.1, -0.05) is 66.4 Å². The maximum absolute atomic E-state index is 13.1. The molecule has 154 valence electrons. The summed E-state index contributed by atoms with van der Waals surface area (Å²) >= 11 is 1.19. The van der Waals surface area contributed by atoms with E-state index in [0.717, 1.165) is 11.1 Å². The predicted molar refractivity (Wildman–Crippen MR) is 125 cm³/mol. The van der Waals surface area contributed by atoms with Gasteiger partial charge in [-0.25, -0.2) is 10.4 Å². The predicted octanol–water partition coefficient (Wildman–Crippen LogP) is 3.94. The molecule has 0 atom stereocenters. The van der Waals surface area contributed by atoms with Crippen molar-refractivity contribution in [1.29, 1.82) is 0 Å². The number of hydrogen-bond donors (Lipinski definition) is 1. The number of benzene rings is 3. The van der Waals surface area contributed by atoms with Gasteiger partial charge in [0.25, 0.3) is 11.5 Å². The van der Waals surface area contributed by atoms with Crippen LogP contribution in [0.3, 0.4) is 0 Å². The van der Waals surface area contributed by atoms with Gasteiger partial charge in [-0.2, -0.15) is 5.10 Å². The number of aromatic nitrogens is 2. The first-order valence-electron chi connectivity index (χ1n) is 9.71. The van der Waals surface area contributed by atoms with Crippen LogP contribution in [-0.4, -0.2) is 27.4 Å². The van der Waals surface area contributed by atoms with Crippen molar-refractivity contribution in [2.24, 2.45) is 5.10 Å². The molecule has 4 aromatic rings. The van der Waals surface area contributed by atoms with Gasteiger partial charge in [0.2, 0.25) is 0 Å². The van der Waals surface area contributed by atoms with Gasteiger partial charge in [0.15, 0.2) is 5.16 Å². The molecule has 0 aliphatic carbocycles. The second kappa shape index (κ2) is 9.40. The Bertz CT molecular complexity index is 1320. The van der Waals surface area contributed by atoms with Crippen LogP contribution < -0.4 is 11.0 Å². The number of carbonyl (C=O) groups is 1. The standard InChI is InChI=1S/C24H20N4O2S/c1-17-9-5-6-10-18(17)15-25-27-22(29)16-31-24-26-21-14-8-7-13-20(21)23(30)28(24)19-11-3-2-4-12-19/h2-15H,16H2,1H3,(H,27,29). The molecule has 0 saturated heterocycles. The highest BCUT2D eigenvalue weighted by Gasteiger charge is 2.14. The minimum Gasteiger partial charge on any atom is -0.272 e. The molecular weight excluding hydrogens is 408 g/mol. The monoisotopic (exact) mass is 428 g/mol. The molecule has 4 rings (SSSR count). The van der Waals surface area contributed by atoms with Gasteiger partial charge in [0.1, 0.15) is 0 Å². The minimum atomic E-state index is -0.281. The van der Waals surface area contributed by atoms with Gasteiger partial charge in [-0.05, 0) is 42.3 Å². The second-order valence-electron chi connectivity index (χ2n) is 6.83. The normalized spacial score (nSPS) is 11.1. The maximum Gasteiger partial charge on any atom is 0.266 e. The Labute approximate surface area is 183 Å². The zero-order chi connectivity index (χ0) is 21.6. The van der Waals surface area contributed by atoms with Gasteiger partial charge in [0, 0.05) is 0 Å². The molecular formula is C24H20N4O2S. The van der Waals surface area contributed by atoms with E-state index < -0.39 is 0 Å². The smallest absolute Gasteiger partial charge is 0.266 e. The Kier molecular flexibility index (Phi) is 6.24. The molecule has 6 nitrogen and oxygen atoms in total. The fraction of sp³-hybridized carbons (Fsp3) is 0.0833. The van der Waals surface area contributed by atoms with Crippen LogP contribution in [0.1, 0.15) is 11.1 Å². The molecule has 0 spiro atoms. The van der Waals surface area contributed by atoms with E-state index in [1.165, 1.54) is 16.3 Å². The number of aryl methyl sites for hydroxylation is 1. The molecule has 0 radical (unpaired) electrons. The Morgan fingerprint density at radius 2 is 1.74 bits per heavy atom. The van der Waals surface area contributed by atoms with Crippen molar-refractivity contribution in [2.45, 2.75) is 12.1 Å². The molecule has 1 heterocycles. The van der Waals surface area contributed by atoms with E-state index in [1.807, 2.05) is 73.7 Å². The first-order valence-corrected chi connectivity index (χ1v) is 10.7. The molecule has 7 heteroatoms. The van der Waals surface area contributed by atoms with Crippen LogP contribution in [0.25, 0.3) is 16.6 Å². The fourth-order valence-electron chi connectivity index (χ4n) is 3.08. The van der Waals surface area contributed by atoms with Gasteiger partial charge >= 0.3 is 0 Å². The van der Waals surface area contributed by atoms with Crippen LogP contribution in [0.4, 0.5) is 0 Å². The summed E-state index contributed by atoms with van der Waals surface area (Å²) in [4.78, 5) is 30.1. The number of fused-ring (bicyclic) bond motifs is 1. The Hall–Kier alpha value is -3.71. The minimum absolute atomic E-state index is 0.0721. The van der Waals surface area contributed by atoms with Crippen molar-refractivity contribution in [3.8, 4) is 5.69 Å². The van der Waals surface area contributed by atoms with Crippen LogP contribution in [0, 0.1) is 6.92 Å². The topological polar surface area (TPSA) is 76.3 Å². The van der Waals surface area contributed by atoms with Crippen LogP contribution in [0.5, 0.6) is 0 Å². The molecule has 0 aliphatic rings. The summed E-state index contributed by atoms with van der Waals surface area (Å²) in [5.74, 6) is -0.209. The van der Waals surface area contributed by atoms with Crippen molar-refractivity contribution in [3.05, 3.63) is 100 Å². The number of nitrogens with zero attached hydrogens (tertiary/aromatic N) is 3. The average molecular weight is 429 g/mol. The molecule has 0 saturated carbocycles. The number of para-hydroxylation sites is 2. The zero-order valence-electron chi connectivity index (χ0n) is 16.9. The maximum atomic E-state index is 13.1. The largest absolute Gasteiger partial charge is 0.272 e. The molecule has 0 bridgehead atoms. The van der Waals surface area contributed by atoms with Gasteiger partial charge in [-0.3, -0.25) is 14.2 Å². The number of hydrazone groups is 1. The van der Waals surface area contributed by atoms with Crippen molar-refractivity contribution < 1.29 is 4.79 Å². The zero-order valence-corrected chi connectivity index (χ0v) is 17.7. The van der Waals surface area contributed by atoms with Gasteiger partial charge < -0.3 is 0 Å². The quantitative estimate of drug-likeness (QED) is 0.218. The Morgan fingerprint density at radius 3 is 2.55 bits per heavy atom. The second-order valence-corrected chi connectivity index (χ2v) is 7.77. The summed E-state index contributed by atoms with van der Waals surface area (Å²) in [6, 6.07) is 24.3. The lowest BCUT2D eigenvalue weighted by atomic mass is 10.1. The Morgan fingerprint density at radius 1 is 1.03 bits per heavy atom. The molecule has 1 aromatic heterocycles. The summed E-state index contributed by atoms with van der Waals surface area (Å²) in [5.41, 5.74) is 5.67. The number of rotatable bonds is 6. The third kappa shape index (κ3) is 4.73. The van der Waals surface area contributed by atoms with Crippen molar-refractivity contribution in [2.75, 3.05) is 5.75 Å². The van der Waals surface area contributed by atoms with E-state index >= 15 is 0 Å². The van der Waals surface area contributed by atoms with E-state index in [-0.39, 0.29) is 17.2 Å². The van der Waals surface area contributed by atoms with Crippen LogP contribution in [0.2, 0.25) is 0 Å². The Balaban J connectivity index is 1.56. The molecule has 31 heavy (non-hydrogen) atoms. The lowest BCUT2D eigenvalue weighted by Gasteiger charge is -2.12. The number of carbonyl (C=O) groups excluding carboxylic acids is 1. The van der Waals surface area contributed by atoms with Crippen molar-refractivity contribution >= 4 is 34.8 Å². The lowest BCUT2D eigenvalue weighted by molar-refractivity contribution is -0.118. The third-order valence-electron chi connectivity index (χ3n) is 4.67. The summed E-state index contributed by atoms with van der Waals surface area (Å²) in [6.45, 7) is 1.98. The van der Waals surface area contributed by atoms with E-state index in [1.54, 1.807) is 18.3 Å². The first kappa shape index (κ1) is 20.6. The molecule has 0 fully saturated rings. The first-order chi connectivity index (χ1) is 15.1. The highest BCUT2D eigenvalue weighted by molar-refractivity contribution is 7.99. The summed E-state index contributed by atoms with van der Waals surface area (Å²) in [6.07, 6.45) is 1.62. The summed E-state index contributed by atoms with van der Waals surface area (Å²) in [5, 5.41) is 5.02. The SMILES string of the molecule is Cc1ccccc1C=NNC(=O)CSc1nc2ccccc2c(=O)n1-c1ccccc1. The summed E-state index contributed by atoms with van der Waals surface area (Å²) in [7, 11) is 0. The molecule has 1 N–H and O–H groups in total. The van der Waals surface area contributed by atoms with Gasteiger partial charge in [0.05, 0.1) is 28.6 Å². The van der Waals surface area contributed by atoms with Crippen LogP contribution >= 0.6 is 11.8 Å². The van der Waals surface area contributed by atoms with E-state index in [4.69, 9.17) is 0 Å². The van der Waals surface area contributed by atoms with Crippen molar-refractivity contribution in [3.63, 3.8) is 0 Å². The summed E-state index contributed by atoms with van der Waals surface area (Å²) < 4.78 is 1.54. The number of thioether (sulfide) groups is 1. The highest BCUT2D eigenvalue weighted by Crippen LogP contribution is 2.21. The van der Waals surface area contributed by atoms with Gasteiger partial charge in [-0.15, -0.1) is 0 Å². The number of nitrogens with one attached hydrogen (secondary N) is 1. The van der Waals surface area contributed by atoms with E-state index in [9.17, 15) is 9.59 Å². The van der Waals surface area contributed by atoms with Crippen molar-refractivity contribution in [1.82, 2.24) is 15.0 Å². The van der Waals surface area contributed by atoms with Crippen LogP contribution in [-0.2, 0) is 4.79 Å². The number of amides is 1. The van der Waals surface area contributed by atoms with E-state index in [0.29, 0.717) is 21.7 Å². The molecule has 1 amide bonds. The molecule has 0 unspecified atom stereocenters. The third-order valence-corrected chi connectivity index (χ3v) is 5.61. The average Bonchev–Trinajstić information content (AvgIpc) is 2.80. The molecule has 0 aliphatic heterocycles. The van der Waals surface area contributed by atoms with E-state index in [2.05, 4.69) is 15.5 Å². The lowest BCUT2D eigenvalue weighted by Crippen LogP contribution is -2.24. The van der Waals surface area contributed by atoms with Crippen LogP contribution in [0.15, 0.2) is 93.9 Å². The molecule has 3 aromatic carbocycles. The highest BCUT2D eigenvalue weighted by atomic mass is 32.2. The number of hydrogen-bond acceptors (Lipinski definition) is 5. The fourth-order valence-corrected chi connectivity index (χ4v) is 3.89.